The van der Waals surface area contributed by atoms with Gasteiger partial charge in [-0.15, -0.1) is 0 Å². The summed E-state index contributed by atoms with van der Waals surface area (Å²) in [6.45, 7) is 5.00. The quantitative estimate of drug-likeness (QED) is 0.814. The van der Waals surface area contributed by atoms with Crippen LogP contribution in [0.15, 0.2) is 41.2 Å². The molecule has 1 aliphatic heterocycles. The Bertz CT molecular complexity index is 920. The molecule has 1 atom stereocenters. The van der Waals surface area contributed by atoms with Crippen LogP contribution in [0.1, 0.15) is 55.1 Å². The lowest BCUT2D eigenvalue weighted by Crippen LogP contribution is -2.44. The first kappa shape index (κ1) is 20.8. The molecule has 1 aromatic carbocycles. The van der Waals surface area contributed by atoms with E-state index in [1.54, 1.807) is 0 Å². The number of aromatic nitrogens is 2. The fourth-order valence-electron chi connectivity index (χ4n) is 3.66. The number of rotatable bonds is 6. The number of carbonyl (C=O) groups excluding carboxylic acids is 2. The number of carbonyl (C=O) groups is 2. The standard InChI is InChI=1S/C22H28N4O3/c1-3-18-6-4-5-14-25(18)20(27)13-15-26-21(28)12-11-19(24-26)22(29)23-17-9-7-16(2)8-10-17/h7-12,18H,3-6,13-15H2,1-2H3,(H,23,29). The van der Waals surface area contributed by atoms with Crippen molar-refractivity contribution in [1.82, 2.24) is 14.7 Å². The zero-order valence-electron chi connectivity index (χ0n) is 17.1. The number of nitrogens with zero attached hydrogens (tertiary/aromatic N) is 3. The Labute approximate surface area is 170 Å². The minimum absolute atomic E-state index is 0.0414. The molecule has 7 heteroatoms. The number of piperidine rings is 1. The van der Waals surface area contributed by atoms with Gasteiger partial charge in [-0.2, -0.15) is 5.10 Å². The maximum absolute atomic E-state index is 12.6. The maximum Gasteiger partial charge on any atom is 0.276 e. The van der Waals surface area contributed by atoms with Crippen molar-refractivity contribution in [3.05, 3.63) is 58.0 Å². The minimum atomic E-state index is -0.393. The summed E-state index contributed by atoms with van der Waals surface area (Å²) in [6, 6.07) is 10.4. The van der Waals surface area contributed by atoms with Crippen LogP contribution in [0.2, 0.25) is 0 Å². The highest BCUT2D eigenvalue weighted by molar-refractivity contribution is 6.02. The van der Waals surface area contributed by atoms with Crippen LogP contribution >= 0.6 is 0 Å². The Kier molecular flexibility index (Phi) is 6.80. The highest BCUT2D eigenvalue weighted by Crippen LogP contribution is 2.20. The second kappa shape index (κ2) is 9.49. The van der Waals surface area contributed by atoms with E-state index >= 15 is 0 Å². The number of likely N-dealkylation sites (tertiary alicyclic amines) is 1. The maximum atomic E-state index is 12.6. The molecule has 7 nitrogen and oxygen atoms in total. The lowest BCUT2D eigenvalue weighted by atomic mass is 9.99. The van der Waals surface area contributed by atoms with Crippen molar-refractivity contribution < 1.29 is 9.59 Å². The lowest BCUT2D eigenvalue weighted by molar-refractivity contribution is -0.135. The van der Waals surface area contributed by atoms with Crippen LogP contribution in [-0.4, -0.2) is 39.1 Å². The van der Waals surface area contributed by atoms with E-state index in [1.165, 1.54) is 16.8 Å². The van der Waals surface area contributed by atoms with Crippen LogP contribution in [0.4, 0.5) is 5.69 Å². The molecular formula is C22H28N4O3. The van der Waals surface area contributed by atoms with E-state index < -0.39 is 5.91 Å². The first-order valence-electron chi connectivity index (χ1n) is 10.2. The topological polar surface area (TPSA) is 84.3 Å². The van der Waals surface area contributed by atoms with Crippen molar-refractivity contribution in [1.29, 1.82) is 0 Å². The van der Waals surface area contributed by atoms with E-state index in [9.17, 15) is 14.4 Å². The fourth-order valence-corrected chi connectivity index (χ4v) is 3.66. The third kappa shape index (κ3) is 5.31. The Morgan fingerprint density at radius 3 is 2.62 bits per heavy atom. The second-order valence-electron chi connectivity index (χ2n) is 7.50. The molecule has 29 heavy (non-hydrogen) atoms. The molecule has 0 aliphatic carbocycles. The molecule has 2 heterocycles. The summed E-state index contributed by atoms with van der Waals surface area (Å²) in [7, 11) is 0. The van der Waals surface area contributed by atoms with E-state index in [2.05, 4.69) is 17.3 Å². The minimum Gasteiger partial charge on any atom is -0.340 e. The smallest absolute Gasteiger partial charge is 0.276 e. The van der Waals surface area contributed by atoms with Crippen molar-refractivity contribution in [3.8, 4) is 0 Å². The molecule has 1 unspecified atom stereocenters. The number of benzene rings is 1. The molecule has 1 aliphatic rings. The van der Waals surface area contributed by atoms with Crippen LogP contribution in [-0.2, 0) is 11.3 Å². The molecule has 1 aromatic heterocycles. The molecule has 2 aromatic rings. The van der Waals surface area contributed by atoms with Crippen molar-refractivity contribution in [2.45, 2.75) is 58.5 Å². The van der Waals surface area contributed by atoms with Gasteiger partial charge in [0.2, 0.25) is 5.91 Å². The number of nitrogens with one attached hydrogen (secondary N) is 1. The average Bonchev–Trinajstić information content (AvgIpc) is 2.74. The fraction of sp³-hybridized carbons (Fsp3) is 0.455. The number of amides is 2. The largest absolute Gasteiger partial charge is 0.340 e. The third-order valence-corrected chi connectivity index (χ3v) is 5.36. The van der Waals surface area contributed by atoms with Crippen molar-refractivity contribution >= 4 is 17.5 Å². The average molecular weight is 396 g/mol. The summed E-state index contributed by atoms with van der Waals surface area (Å²) < 4.78 is 1.20. The van der Waals surface area contributed by atoms with Crippen LogP contribution in [0.5, 0.6) is 0 Å². The van der Waals surface area contributed by atoms with Gasteiger partial charge < -0.3 is 10.2 Å². The summed E-state index contributed by atoms with van der Waals surface area (Å²) in [5.74, 6) is -0.351. The van der Waals surface area contributed by atoms with E-state index in [0.717, 1.165) is 37.8 Å². The molecule has 0 radical (unpaired) electrons. The SMILES string of the molecule is CCC1CCCCN1C(=O)CCn1nc(C(=O)Nc2ccc(C)cc2)ccc1=O. The van der Waals surface area contributed by atoms with Gasteiger partial charge in [0.15, 0.2) is 0 Å². The molecular weight excluding hydrogens is 368 g/mol. The van der Waals surface area contributed by atoms with Gasteiger partial charge in [-0.25, -0.2) is 4.68 Å². The van der Waals surface area contributed by atoms with Crippen molar-refractivity contribution in [3.63, 3.8) is 0 Å². The molecule has 154 valence electrons. The molecule has 1 saturated heterocycles. The summed E-state index contributed by atoms with van der Waals surface area (Å²) >= 11 is 0. The molecule has 0 spiro atoms. The predicted octanol–water partition coefficient (Wildman–Crippen LogP) is 2.99. The van der Waals surface area contributed by atoms with E-state index in [-0.39, 0.29) is 36.2 Å². The number of aryl methyl sites for hydroxylation is 2. The highest BCUT2D eigenvalue weighted by Gasteiger charge is 2.25. The van der Waals surface area contributed by atoms with Gasteiger partial charge in [0.05, 0.1) is 6.54 Å². The van der Waals surface area contributed by atoms with E-state index in [1.807, 2.05) is 36.1 Å². The zero-order chi connectivity index (χ0) is 20.8. The van der Waals surface area contributed by atoms with Crippen LogP contribution in [0, 0.1) is 6.92 Å². The van der Waals surface area contributed by atoms with E-state index in [4.69, 9.17) is 0 Å². The first-order valence-corrected chi connectivity index (χ1v) is 10.2. The lowest BCUT2D eigenvalue weighted by Gasteiger charge is -2.35. The Morgan fingerprint density at radius 1 is 1.14 bits per heavy atom. The normalized spacial score (nSPS) is 16.5. The Balaban J connectivity index is 1.65. The number of hydrogen-bond acceptors (Lipinski definition) is 4. The Morgan fingerprint density at radius 2 is 1.90 bits per heavy atom. The summed E-state index contributed by atoms with van der Waals surface area (Å²) in [5.41, 5.74) is 1.57. The molecule has 0 saturated carbocycles. The van der Waals surface area contributed by atoms with Crippen LogP contribution < -0.4 is 10.9 Å². The summed E-state index contributed by atoms with van der Waals surface area (Å²) in [4.78, 5) is 39.2. The second-order valence-corrected chi connectivity index (χ2v) is 7.50. The zero-order valence-corrected chi connectivity index (χ0v) is 17.1. The Hall–Kier alpha value is -2.96. The van der Waals surface area contributed by atoms with Crippen LogP contribution in [0.25, 0.3) is 0 Å². The van der Waals surface area contributed by atoms with Gasteiger partial charge in [0.1, 0.15) is 5.69 Å². The van der Waals surface area contributed by atoms with Gasteiger partial charge >= 0.3 is 0 Å². The molecule has 1 fully saturated rings. The van der Waals surface area contributed by atoms with Crippen LogP contribution in [0.3, 0.4) is 0 Å². The summed E-state index contributed by atoms with van der Waals surface area (Å²) in [5, 5.41) is 6.93. The predicted molar refractivity (Wildman–Crippen MR) is 112 cm³/mol. The van der Waals surface area contributed by atoms with Crippen molar-refractivity contribution in [2.75, 3.05) is 11.9 Å². The molecule has 2 amide bonds. The molecule has 1 N–H and O–H groups in total. The highest BCUT2D eigenvalue weighted by atomic mass is 16.2. The third-order valence-electron chi connectivity index (χ3n) is 5.36. The number of anilines is 1. The molecule has 0 bridgehead atoms. The summed E-state index contributed by atoms with van der Waals surface area (Å²) in [6.07, 6.45) is 4.36. The van der Waals surface area contributed by atoms with Gasteiger partial charge in [0.25, 0.3) is 11.5 Å². The molecule has 3 rings (SSSR count). The van der Waals surface area contributed by atoms with E-state index in [0.29, 0.717) is 5.69 Å². The van der Waals surface area contributed by atoms with Crippen molar-refractivity contribution in [2.24, 2.45) is 0 Å². The van der Waals surface area contributed by atoms with Gasteiger partial charge in [-0.1, -0.05) is 24.6 Å². The monoisotopic (exact) mass is 396 g/mol. The van der Waals surface area contributed by atoms with Gasteiger partial charge in [0, 0.05) is 30.8 Å². The van der Waals surface area contributed by atoms with Gasteiger partial charge in [-0.3, -0.25) is 14.4 Å². The number of hydrogen-bond donors (Lipinski definition) is 1. The first-order chi connectivity index (χ1) is 14.0. The van der Waals surface area contributed by atoms with Gasteiger partial charge in [-0.05, 0) is 50.8 Å².